The summed E-state index contributed by atoms with van der Waals surface area (Å²) < 4.78 is 21.4. The lowest BCUT2D eigenvalue weighted by Gasteiger charge is -2.04. The predicted octanol–water partition coefficient (Wildman–Crippen LogP) is 3.14. The lowest BCUT2D eigenvalue weighted by Crippen LogP contribution is -2.04. The summed E-state index contributed by atoms with van der Waals surface area (Å²) in [5.74, 6) is 1.50. The van der Waals surface area contributed by atoms with Crippen LogP contribution in [-0.2, 0) is 9.47 Å². The van der Waals surface area contributed by atoms with E-state index in [0.717, 1.165) is 30.3 Å². The molecule has 2 aliphatic rings. The number of benzene rings is 2. The highest BCUT2D eigenvalue weighted by Crippen LogP contribution is 2.18. The molecular formula is C21H20O5. The minimum atomic E-state index is -0.0479. The topological polar surface area (TPSA) is 60.6 Å². The number of hydrogen-bond acceptors (Lipinski definition) is 5. The van der Waals surface area contributed by atoms with Crippen LogP contribution in [0, 0.1) is 0 Å². The molecule has 0 radical (unpaired) electrons. The molecule has 0 aromatic heterocycles. The van der Waals surface area contributed by atoms with E-state index in [1.54, 1.807) is 36.4 Å². The molecule has 0 N–H and O–H groups in total. The fourth-order valence-corrected chi connectivity index (χ4v) is 2.37. The van der Waals surface area contributed by atoms with Crippen molar-refractivity contribution in [2.75, 3.05) is 26.4 Å². The Bertz CT molecular complexity index is 771. The highest BCUT2D eigenvalue weighted by molar-refractivity contribution is 6.06. The van der Waals surface area contributed by atoms with Crippen molar-refractivity contribution in [2.24, 2.45) is 0 Å². The molecule has 134 valence electrons. The average molecular weight is 352 g/mol. The van der Waals surface area contributed by atoms with E-state index in [2.05, 4.69) is 0 Å². The van der Waals surface area contributed by atoms with E-state index in [1.165, 1.54) is 0 Å². The van der Waals surface area contributed by atoms with Crippen LogP contribution in [-0.4, -0.2) is 44.4 Å². The van der Waals surface area contributed by atoms with E-state index >= 15 is 0 Å². The zero-order valence-electron chi connectivity index (χ0n) is 14.3. The number of epoxide rings is 2. The SMILES string of the molecule is O=C(C=Cc1ccc(OCC2CO2)cc1)c1ccc(OCC2CO2)cc1. The summed E-state index contributed by atoms with van der Waals surface area (Å²) in [6.45, 7) is 2.69. The van der Waals surface area contributed by atoms with Crippen LogP contribution in [0.2, 0.25) is 0 Å². The zero-order valence-corrected chi connectivity index (χ0v) is 14.3. The second kappa shape index (κ2) is 7.72. The molecule has 2 aromatic rings. The van der Waals surface area contributed by atoms with Gasteiger partial charge in [0.1, 0.15) is 36.9 Å². The summed E-state index contributed by atoms with van der Waals surface area (Å²) in [7, 11) is 0. The van der Waals surface area contributed by atoms with Gasteiger partial charge in [-0.25, -0.2) is 0 Å². The van der Waals surface area contributed by atoms with Crippen molar-refractivity contribution in [3.63, 3.8) is 0 Å². The van der Waals surface area contributed by atoms with Gasteiger partial charge >= 0.3 is 0 Å². The van der Waals surface area contributed by atoms with Crippen molar-refractivity contribution in [2.45, 2.75) is 12.2 Å². The maximum atomic E-state index is 12.3. The van der Waals surface area contributed by atoms with Gasteiger partial charge in [0, 0.05) is 5.56 Å². The van der Waals surface area contributed by atoms with E-state index in [4.69, 9.17) is 18.9 Å². The molecule has 0 spiro atoms. The van der Waals surface area contributed by atoms with Crippen molar-refractivity contribution < 1.29 is 23.7 Å². The van der Waals surface area contributed by atoms with Gasteiger partial charge in [0.2, 0.25) is 0 Å². The average Bonchev–Trinajstić information content (AvgIpc) is 3.58. The van der Waals surface area contributed by atoms with Crippen LogP contribution in [0.3, 0.4) is 0 Å². The molecule has 2 aliphatic heterocycles. The maximum absolute atomic E-state index is 12.3. The number of carbonyl (C=O) groups excluding carboxylic acids is 1. The molecule has 2 aromatic carbocycles. The lowest BCUT2D eigenvalue weighted by molar-refractivity contribution is 0.104. The van der Waals surface area contributed by atoms with Crippen LogP contribution >= 0.6 is 0 Å². The van der Waals surface area contributed by atoms with Crippen LogP contribution in [0.4, 0.5) is 0 Å². The molecule has 2 heterocycles. The molecule has 0 saturated carbocycles. The van der Waals surface area contributed by atoms with Gasteiger partial charge in [0.15, 0.2) is 5.78 Å². The fraction of sp³-hybridized carbons (Fsp3) is 0.286. The molecule has 2 fully saturated rings. The summed E-state index contributed by atoms with van der Waals surface area (Å²) in [5, 5.41) is 0. The summed E-state index contributed by atoms with van der Waals surface area (Å²) >= 11 is 0. The van der Waals surface area contributed by atoms with E-state index in [1.807, 2.05) is 24.3 Å². The van der Waals surface area contributed by atoms with Crippen LogP contribution < -0.4 is 9.47 Å². The Labute approximate surface area is 152 Å². The van der Waals surface area contributed by atoms with Crippen molar-refractivity contribution in [1.82, 2.24) is 0 Å². The lowest BCUT2D eigenvalue weighted by atomic mass is 10.1. The minimum absolute atomic E-state index is 0.0479. The van der Waals surface area contributed by atoms with Gasteiger partial charge in [-0.05, 0) is 48.0 Å². The van der Waals surface area contributed by atoms with E-state index in [0.29, 0.717) is 18.8 Å². The maximum Gasteiger partial charge on any atom is 0.185 e. The van der Waals surface area contributed by atoms with E-state index in [9.17, 15) is 4.79 Å². The van der Waals surface area contributed by atoms with Crippen LogP contribution in [0.15, 0.2) is 54.6 Å². The third kappa shape index (κ3) is 4.94. The molecule has 5 nitrogen and oxygen atoms in total. The largest absolute Gasteiger partial charge is 0.491 e. The minimum Gasteiger partial charge on any atom is -0.491 e. The molecule has 2 atom stereocenters. The van der Waals surface area contributed by atoms with E-state index < -0.39 is 0 Å². The van der Waals surface area contributed by atoms with E-state index in [-0.39, 0.29) is 18.0 Å². The van der Waals surface area contributed by atoms with Gasteiger partial charge in [-0.2, -0.15) is 0 Å². The third-order valence-corrected chi connectivity index (χ3v) is 4.12. The van der Waals surface area contributed by atoms with Gasteiger partial charge in [-0.15, -0.1) is 0 Å². The Morgan fingerprint density at radius 1 is 0.885 bits per heavy atom. The quantitative estimate of drug-likeness (QED) is 0.394. The summed E-state index contributed by atoms with van der Waals surface area (Å²) in [6.07, 6.45) is 3.83. The standard InChI is InChI=1S/C21H20O5/c22-21(16-4-8-18(9-5-16)24-12-20-14-26-20)10-3-15-1-6-17(7-2-15)23-11-19-13-25-19/h1-10,19-20H,11-14H2. The van der Waals surface area contributed by atoms with Gasteiger partial charge in [-0.1, -0.05) is 18.2 Å². The fourth-order valence-electron chi connectivity index (χ4n) is 2.37. The van der Waals surface area contributed by atoms with Crippen molar-refractivity contribution in [3.05, 3.63) is 65.7 Å². The number of carbonyl (C=O) groups is 1. The van der Waals surface area contributed by atoms with Crippen LogP contribution in [0.1, 0.15) is 15.9 Å². The smallest absolute Gasteiger partial charge is 0.185 e. The number of rotatable bonds is 9. The number of ether oxygens (including phenoxy) is 4. The molecule has 26 heavy (non-hydrogen) atoms. The Balaban J connectivity index is 1.29. The van der Waals surface area contributed by atoms with Gasteiger partial charge < -0.3 is 18.9 Å². The molecule has 2 saturated heterocycles. The molecular weight excluding hydrogens is 332 g/mol. The van der Waals surface area contributed by atoms with Crippen molar-refractivity contribution >= 4 is 11.9 Å². The summed E-state index contributed by atoms with van der Waals surface area (Å²) in [5.41, 5.74) is 1.57. The predicted molar refractivity (Wildman–Crippen MR) is 96.7 cm³/mol. The Kier molecular flexibility index (Phi) is 5.00. The molecule has 4 rings (SSSR count). The van der Waals surface area contributed by atoms with Crippen LogP contribution in [0.5, 0.6) is 11.5 Å². The molecule has 5 heteroatoms. The number of hydrogen-bond donors (Lipinski definition) is 0. The first-order valence-corrected chi connectivity index (χ1v) is 8.67. The van der Waals surface area contributed by atoms with Gasteiger partial charge in [-0.3, -0.25) is 4.79 Å². The second-order valence-corrected chi connectivity index (χ2v) is 6.32. The molecule has 0 bridgehead atoms. The Morgan fingerprint density at radius 2 is 1.38 bits per heavy atom. The normalized spacial score (nSPS) is 20.8. The van der Waals surface area contributed by atoms with Gasteiger partial charge in [0.25, 0.3) is 0 Å². The third-order valence-electron chi connectivity index (χ3n) is 4.12. The van der Waals surface area contributed by atoms with Crippen molar-refractivity contribution in [3.8, 4) is 11.5 Å². The zero-order chi connectivity index (χ0) is 17.8. The van der Waals surface area contributed by atoms with Crippen LogP contribution in [0.25, 0.3) is 6.08 Å². The molecule has 0 amide bonds. The number of ketones is 1. The summed E-state index contributed by atoms with van der Waals surface area (Å²) in [4.78, 5) is 12.3. The monoisotopic (exact) mass is 352 g/mol. The van der Waals surface area contributed by atoms with Crippen molar-refractivity contribution in [1.29, 1.82) is 0 Å². The van der Waals surface area contributed by atoms with Gasteiger partial charge in [0.05, 0.1) is 13.2 Å². The molecule has 2 unspecified atom stereocenters. The molecule has 0 aliphatic carbocycles. The first kappa shape index (κ1) is 16.8. The first-order valence-electron chi connectivity index (χ1n) is 8.67. The first-order chi connectivity index (χ1) is 12.8. The Morgan fingerprint density at radius 3 is 1.88 bits per heavy atom. The number of allylic oxidation sites excluding steroid dienone is 1. The highest BCUT2D eigenvalue weighted by atomic mass is 16.6. The second-order valence-electron chi connectivity index (χ2n) is 6.32. The highest BCUT2D eigenvalue weighted by Gasteiger charge is 2.23. The Hall–Kier alpha value is -2.63. The summed E-state index contributed by atoms with van der Waals surface area (Å²) in [6, 6.07) is 14.8.